The molecule has 1 saturated heterocycles. The fourth-order valence-corrected chi connectivity index (χ4v) is 4.83. The standard InChI is InChI=1S/C25H30FN7O/c1-5-33-15-20-22(31-10-8-18(9-11-31)30(3)4)7-6-19(23(20)29-33)25(34)28-17-12-21(26)24-27-16(2)13-32(24)14-17/h6-7,12-15,18H,5,8-11H2,1-4H3,(H,28,34). The van der Waals surface area contributed by atoms with E-state index in [1.165, 1.54) is 6.07 Å². The smallest absolute Gasteiger partial charge is 0.257 e. The summed E-state index contributed by atoms with van der Waals surface area (Å²) in [6.45, 7) is 6.46. The van der Waals surface area contributed by atoms with Gasteiger partial charge >= 0.3 is 0 Å². The van der Waals surface area contributed by atoms with E-state index in [0.29, 0.717) is 35.0 Å². The SMILES string of the molecule is CCn1cc2c(N3CCC(N(C)C)CC3)ccc(C(=O)Nc3cc(F)c4nc(C)cn4c3)c2n1. The first-order valence-corrected chi connectivity index (χ1v) is 11.7. The van der Waals surface area contributed by atoms with Crippen LogP contribution in [0, 0.1) is 12.7 Å². The van der Waals surface area contributed by atoms with Crippen LogP contribution >= 0.6 is 0 Å². The Labute approximate surface area is 198 Å². The molecule has 9 heteroatoms. The number of rotatable bonds is 5. The minimum atomic E-state index is -0.484. The van der Waals surface area contributed by atoms with E-state index in [2.05, 4.69) is 34.2 Å². The molecule has 0 bridgehead atoms. The number of anilines is 2. The maximum absolute atomic E-state index is 14.5. The molecule has 1 aliphatic heterocycles. The van der Waals surface area contributed by atoms with E-state index in [9.17, 15) is 9.18 Å². The Kier molecular flexibility index (Phi) is 5.73. The number of aromatic nitrogens is 4. The van der Waals surface area contributed by atoms with Gasteiger partial charge in [-0.3, -0.25) is 9.48 Å². The average molecular weight is 464 g/mol. The van der Waals surface area contributed by atoms with Crippen LogP contribution in [0.15, 0.2) is 36.8 Å². The third-order valence-electron chi connectivity index (χ3n) is 6.69. The van der Waals surface area contributed by atoms with Gasteiger partial charge in [-0.1, -0.05) is 0 Å². The van der Waals surface area contributed by atoms with Crippen molar-refractivity contribution in [2.45, 2.75) is 39.3 Å². The van der Waals surface area contributed by atoms with Crippen LogP contribution in [0.2, 0.25) is 0 Å². The van der Waals surface area contributed by atoms with Gasteiger partial charge in [-0.2, -0.15) is 5.10 Å². The summed E-state index contributed by atoms with van der Waals surface area (Å²) < 4.78 is 17.9. The second-order valence-corrected chi connectivity index (χ2v) is 9.21. The number of piperidine rings is 1. The molecular formula is C25H30FN7O. The van der Waals surface area contributed by atoms with Crippen molar-refractivity contribution >= 4 is 33.8 Å². The van der Waals surface area contributed by atoms with Crippen LogP contribution in [-0.4, -0.2) is 63.2 Å². The maximum atomic E-state index is 14.5. The first kappa shape index (κ1) is 22.3. The third kappa shape index (κ3) is 4.00. The Balaban J connectivity index is 1.46. The second kappa shape index (κ2) is 8.72. The van der Waals surface area contributed by atoms with Crippen molar-refractivity contribution in [2.24, 2.45) is 0 Å². The molecule has 0 aliphatic carbocycles. The second-order valence-electron chi connectivity index (χ2n) is 9.21. The van der Waals surface area contributed by atoms with Crippen molar-refractivity contribution < 1.29 is 9.18 Å². The highest BCUT2D eigenvalue weighted by Crippen LogP contribution is 2.32. The summed E-state index contributed by atoms with van der Waals surface area (Å²) in [5, 5.41) is 8.50. The lowest BCUT2D eigenvalue weighted by Gasteiger charge is -2.36. The summed E-state index contributed by atoms with van der Waals surface area (Å²) in [6.07, 6.45) is 7.60. The minimum absolute atomic E-state index is 0.238. The number of imidazole rings is 1. The fraction of sp³-hybridized carbons (Fsp3) is 0.400. The van der Waals surface area contributed by atoms with E-state index in [-0.39, 0.29) is 11.6 Å². The summed E-state index contributed by atoms with van der Waals surface area (Å²) in [4.78, 5) is 22.1. The first-order valence-electron chi connectivity index (χ1n) is 11.7. The first-order chi connectivity index (χ1) is 16.3. The van der Waals surface area contributed by atoms with Crippen molar-refractivity contribution in [1.29, 1.82) is 0 Å². The molecule has 1 aromatic carbocycles. The molecular weight excluding hydrogens is 433 g/mol. The zero-order chi connectivity index (χ0) is 24.0. The van der Waals surface area contributed by atoms with Crippen LogP contribution in [-0.2, 0) is 6.54 Å². The van der Waals surface area contributed by atoms with Crippen LogP contribution in [0.25, 0.3) is 16.6 Å². The van der Waals surface area contributed by atoms with Gasteiger partial charge in [-0.15, -0.1) is 0 Å². The molecule has 0 spiro atoms. The zero-order valence-electron chi connectivity index (χ0n) is 20.0. The quantitative estimate of drug-likeness (QED) is 0.486. The van der Waals surface area contributed by atoms with Gasteiger partial charge in [0, 0.05) is 61.4 Å². The molecule has 8 nitrogen and oxygen atoms in total. The number of pyridine rings is 1. The Bertz CT molecular complexity index is 1360. The van der Waals surface area contributed by atoms with E-state index in [4.69, 9.17) is 5.10 Å². The van der Waals surface area contributed by atoms with Crippen molar-refractivity contribution in [1.82, 2.24) is 24.1 Å². The van der Waals surface area contributed by atoms with Gasteiger partial charge in [0.25, 0.3) is 5.91 Å². The van der Waals surface area contributed by atoms with Crippen molar-refractivity contribution in [3.63, 3.8) is 0 Å². The zero-order valence-corrected chi connectivity index (χ0v) is 20.0. The molecule has 0 unspecified atom stereocenters. The van der Waals surface area contributed by atoms with Crippen molar-refractivity contribution in [2.75, 3.05) is 37.4 Å². The van der Waals surface area contributed by atoms with E-state index >= 15 is 0 Å². The molecule has 0 atom stereocenters. The molecule has 0 radical (unpaired) electrons. The van der Waals surface area contributed by atoms with Crippen LogP contribution in [0.4, 0.5) is 15.8 Å². The minimum Gasteiger partial charge on any atom is -0.371 e. The highest BCUT2D eigenvalue weighted by Gasteiger charge is 2.24. The molecule has 34 heavy (non-hydrogen) atoms. The van der Waals surface area contributed by atoms with Gasteiger partial charge < -0.3 is 19.5 Å². The van der Waals surface area contributed by atoms with E-state index < -0.39 is 5.82 Å². The number of carbonyl (C=O) groups is 1. The lowest BCUT2D eigenvalue weighted by molar-refractivity contribution is 0.102. The van der Waals surface area contributed by atoms with Crippen LogP contribution in [0.1, 0.15) is 35.8 Å². The summed E-state index contributed by atoms with van der Waals surface area (Å²) in [6, 6.07) is 5.73. The van der Waals surface area contributed by atoms with Gasteiger partial charge in [0.05, 0.1) is 16.9 Å². The predicted molar refractivity (Wildman–Crippen MR) is 132 cm³/mol. The number of aryl methyl sites for hydroxylation is 2. The Hall–Kier alpha value is -3.46. The molecule has 5 rings (SSSR count). The highest BCUT2D eigenvalue weighted by atomic mass is 19.1. The van der Waals surface area contributed by atoms with Crippen molar-refractivity contribution in [3.8, 4) is 0 Å². The molecule has 1 amide bonds. The molecule has 3 aromatic heterocycles. The lowest BCUT2D eigenvalue weighted by atomic mass is 10.0. The number of hydrogen-bond acceptors (Lipinski definition) is 5. The van der Waals surface area contributed by atoms with Gasteiger partial charge in [-0.05, 0) is 52.9 Å². The number of nitrogens with zero attached hydrogens (tertiary/aromatic N) is 6. The molecule has 4 heterocycles. The summed E-state index contributed by atoms with van der Waals surface area (Å²) >= 11 is 0. The molecule has 1 aliphatic rings. The third-order valence-corrected chi connectivity index (χ3v) is 6.69. The van der Waals surface area contributed by atoms with Gasteiger partial charge in [0.1, 0.15) is 5.52 Å². The van der Waals surface area contributed by atoms with E-state index in [1.807, 2.05) is 29.9 Å². The summed E-state index contributed by atoms with van der Waals surface area (Å²) in [5.41, 5.74) is 3.54. The maximum Gasteiger partial charge on any atom is 0.257 e. The summed E-state index contributed by atoms with van der Waals surface area (Å²) in [5.74, 6) is -0.803. The number of fused-ring (bicyclic) bond motifs is 2. The van der Waals surface area contributed by atoms with Gasteiger partial charge in [-0.25, -0.2) is 9.37 Å². The Morgan fingerprint density at radius 2 is 1.97 bits per heavy atom. The van der Waals surface area contributed by atoms with Crippen LogP contribution in [0.5, 0.6) is 0 Å². The van der Waals surface area contributed by atoms with Gasteiger partial charge in [0.15, 0.2) is 11.5 Å². The largest absolute Gasteiger partial charge is 0.371 e. The Morgan fingerprint density at radius 1 is 1.21 bits per heavy atom. The number of hydrogen-bond donors (Lipinski definition) is 1. The number of nitrogens with one attached hydrogen (secondary N) is 1. The highest BCUT2D eigenvalue weighted by molar-refractivity contribution is 6.13. The number of benzene rings is 1. The Morgan fingerprint density at radius 3 is 2.68 bits per heavy atom. The van der Waals surface area contributed by atoms with E-state index in [0.717, 1.165) is 37.0 Å². The monoisotopic (exact) mass is 463 g/mol. The number of amides is 1. The van der Waals surface area contributed by atoms with Crippen molar-refractivity contribution in [3.05, 3.63) is 53.9 Å². The van der Waals surface area contributed by atoms with Crippen LogP contribution < -0.4 is 10.2 Å². The molecule has 178 valence electrons. The van der Waals surface area contributed by atoms with Crippen LogP contribution in [0.3, 0.4) is 0 Å². The van der Waals surface area contributed by atoms with Gasteiger partial charge in [0.2, 0.25) is 0 Å². The number of carbonyl (C=O) groups excluding carboxylic acids is 1. The normalized spacial score (nSPS) is 15.1. The van der Waals surface area contributed by atoms with E-state index in [1.54, 1.807) is 23.7 Å². The summed E-state index contributed by atoms with van der Waals surface area (Å²) in [7, 11) is 4.27. The fourth-order valence-electron chi connectivity index (χ4n) is 4.83. The topological polar surface area (TPSA) is 70.7 Å². The molecule has 0 saturated carbocycles. The molecule has 1 fully saturated rings. The predicted octanol–water partition coefficient (Wildman–Crippen LogP) is 3.93. The number of halogens is 1. The molecule has 4 aromatic rings. The average Bonchev–Trinajstić information content (AvgIpc) is 3.41. The lowest BCUT2D eigenvalue weighted by Crippen LogP contribution is -2.42. The molecule has 1 N–H and O–H groups in total.